The maximum Gasteiger partial charge on any atom is 0.449 e. The van der Waals surface area contributed by atoms with Gasteiger partial charge in [-0.15, -0.1) is 11.8 Å². The summed E-state index contributed by atoms with van der Waals surface area (Å²) in [7, 11) is 1.13. The van der Waals surface area contributed by atoms with E-state index in [1.807, 2.05) is 0 Å². The molecule has 0 aromatic carbocycles. The van der Waals surface area contributed by atoms with Crippen LogP contribution in [0.2, 0.25) is 5.15 Å². The summed E-state index contributed by atoms with van der Waals surface area (Å²) < 4.78 is 79.9. The number of amides is 1. The number of alkyl halides is 6. The summed E-state index contributed by atoms with van der Waals surface area (Å²) >= 11 is 7.29. The Morgan fingerprint density at radius 1 is 1.11 bits per heavy atom. The van der Waals surface area contributed by atoms with Crippen LogP contribution in [0, 0.1) is 0 Å². The summed E-state index contributed by atoms with van der Waals surface area (Å²) in [5.74, 6) is -1.34. The first-order valence-electron chi connectivity index (χ1n) is 10.1. The number of carbonyl (C=O) groups is 1. The van der Waals surface area contributed by atoms with Crippen LogP contribution < -0.4 is 4.90 Å². The highest BCUT2D eigenvalue weighted by molar-refractivity contribution is 7.99. The zero-order valence-corrected chi connectivity index (χ0v) is 19.7. The van der Waals surface area contributed by atoms with Crippen molar-refractivity contribution in [3.05, 3.63) is 52.5 Å². The summed E-state index contributed by atoms with van der Waals surface area (Å²) in [4.78, 5) is 26.4. The minimum Gasteiger partial charge on any atom is -0.314 e. The average Bonchev–Trinajstić information content (AvgIpc) is 3.33. The van der Waals surface area contributed by atoms with E-state index in [-0.39, 0.29) is 40.8 Å². The lowest BCUT2D eigenvalue weighted by atomic mass is 10.2. The van der Waals surface area contributed by atoms with Crippen molar-refractivity contribution >= 4 is 35.0 Å². The molecule has 1 aliphatic heterocycles. The maximum atomic E-state index is 13.3. The smallest absolute Gasteiger partial charge is 0.314 e. The van der Waals surface area contributed by atoms with E-state index in [4.69, 9.17) is 11.6 Å². The number of halogens is 7. The van der Waals surface area contributed by atoms with Gasteiger partial charge in [0.2, 0.25) is 5.82 Å². The molecule has 1 amide bonds. The standard InChI is InChI=1S/C21H16ClF6N5OS/c1-3-35-14-6-10(15-17(22)32(2)19(31-15)21(26,27)28)8-30-16(14)18(34)33-5-4-12-13(33)7-11(9-29-12)20(23,24)25/h6-9H,3-5H2,1-2H3. The number of imidazole rings is 1. The molecule has 3 aromatic heterocycles. The quantitative estimate of drug-likeness (QED) is 0.308. The summed E-state index contributed by atoms with van der Waals surface area (Å²) in [5.41, 5.74) is -0.618. The molecular weight excluding hydrogens is 520 g/mol. The molecule has 0 unspecified atom stereocenters. The molecule has 0 fully saturated rings. The number of rotatable bonds is 4. The van der Waals surface area contributed by atoms with Crippen molar-refractivity contribution in [2.45, 2.75) is 30.6 Å². The fraction of sp³-hybridized carbons (Fsp3) is 0.333. The normalized spacial score (nSPS) is 13.9. The molecule has 0 saturated carbocycles. The third kappa shape index (κ3) is 4.70. The van der Waals surface area contributed by atoms with Gasteiger partial charge in [0.25, 0.3) is 5.91 Å². The van der Waals surface area contributed by atoms with Crippen LogP contribution >= 0.6 is 23.4 Å². The van der Waals surface area contributed by atoms with E-state index < -0.39 is 29.6 Å². The van der Waals surface area contributed by atoms with Gasteiger partial charge in [-0.25, -0.2) is 9.97 Å². The Labute approximate surface area is 204 Å². The average molecular weight is 536 g/mol. The lowest BCUT2D eigenvalue weighted by Crippen LogP contribution is -2.30. The van der Waals surface area contributed by atoms with Crippen LogP contribution in [-0.4, -0.2) is 37.7 Å². The van der Waals surface area contributed by atoms with Crippen molar-refractivity contribution in [3.8, 4) is 11.3 Å². The highest BCUT2D eigenvalue weighted by Crippen LogP contribution is 2.38. The molecule has 1 aliphatic rings. The molecule has 4 heterocycles. The first-order chi connectivity index (χ1) is 16.3. The number of hydrogen-bond acceptors (Lipinski definition) is 5. The summed E-state index contributed by atoms with van der Waals surface area (Å²) in [6.07, 6.45) is -7.18. The molecule has 0 spiro atoms. The minimum atomic E-state index is -4.73. The molecule has 0 saturated heterocycles. The van der Waals surface area contributed by atoms with Gasteiger partial charge in [0.15, 0.2) is 0 Å². The topological polar surface area (TPSA) is 63.9 Å². The molecule has 3 aromatic rings. The molecule has 0 atom stereocenters. The highest BCUT2D eigenvalue weighted by Gasteiger charge is 2.38. The monoisotopic (exact) mass is 535 g/mol. The third-order valence-electron chi connectivity index (χ3n) is 5.29. The van der Waals surface area contributed by atoms with E-state index in [0.717, 1.165) is 19.3 Å². The van der Waals surface area contributed by atoms with E-state index >= 15 is 0 Å². The van der Waals surface area contributed by atoms with E-state index in [0.29, 0.717) is 20.9 Å². The number of carbonyl (C=O) groups excluding carboxylic acids is 1. The van der Waals surface area contributed by atoms with Crippen LogP contribution in [0.5, 0.6) is 0 Å². The lowest BCUT2D eigenvalue weighted by Gasteiger charge is -2.19. The van der Waals surface area contributed by atoms with Crippen LogP contribution in [0.4, 0.5) is 32.0 Å². The van der Waals surface area contributed by atoms with Crippen LogP contribution in [0.1, 0.15) is 34.5 Å². The summed E-state index contributed by atoms with van der Waals surface area (Å²) in [6, 6.07) is 2.32. The Hall–Kier alpha value is -2.80. The fourth-order valence-corrected chi connectivity index (χ4v) is 4.69. The zero-order valence-electron chi connectivity index (χ0n) is 18.1. The molecule has 186 valence electrons. The third-order valence-corrected chi connectivity index (χ3v) is 6.63. The Bertz CT molecular complexity index is 1310. The Kier molecular flexibility index (Phi) is 6.51. The molecule has 0 radical (unpaired) electrons. The van der Waals surface area contributed by atoms with Crippen molar-refractivity contribution in [1.29, 1.82) is 0 Å². The largest absolute Gasteiger partial charge is 0.449 e. The second kappa shape index (κ2) is 9.01. The maximum absolute atomic E-state index is 13.3. The molecule has 4 rings (SSSR count). The van der Waals surface area contributed by atoms with Gasteiger partial charge < -0.3 is 9.47 Å². The second-order valence-corrected chi connectivity index (χ2v) is 9.19. The van der Waals surface area contributed by atoms with Gasteiger partial charge in [0.05, 0.1) is 16.9 Å². The molecular formula is C21H16ClF6N5OS. The van der Waals surface area contributed by atoms with Crippen LogP contribution in [0.15, 0.2) is 29.4 Å². The van der Waals surface area contributed by atoms with E-state index in [1.54, 1.807) is 6.92 Å². The Morgan fingerprint density at radius 3 is 2.43 bits per heavy atom. The number of thioether (sulfide) groups is 1. The first kappa shape index (κ1) is 25.3. The fourth-order valence-electron chi connectivity index (χ4n) is 3.66. The summed E-state index contributed by atoms with van der Waals surface area (Å²) in [5, 5.41) is -0.259. The van der Waals surface area contributed by atoms with Crippen molar-refractivity contribution in [2.75, 3.05) is 17.2 Å². The predicted molar refractivity (Wildman–Crippen MR) is 117 cm³/mol. The highest BCUT2D eigenvalue weighted by atomic mass is 35.5. The van der Waals surface area contributed by atoms with Crippen LogP contribution in [-0.2, 0) is 25.8 Å². The van der Waals surface area contributed by atoms with Gasteiger partial charge in [-0.05, 0) is 17.9 Å². The Morgan fingerprint density at radius 2 is 1.83 bits per heavy atom. The van der Waals surface area contributed by atoms with Gasteiger partial charge in [-0.1, -0.05) is 18.5 Å². The van der Waals surface area contributed by atoms with Crippen molar-refractivity contribution in [1.82, 2.24) is 19.5 Å². The number of hydrogen-bond donors (Lipinski definition) is 0. The van der Waals surface area contributed by atoms with Crippen molar-refractivity contribution < 1.29 is 31.1 Å². The SMILES string of the molecule is CCSc1cc(-c2nc(C(F)(F)F)n(C)c2Cl)cnc1C(=O)N1CCc2ncc(C(F)(F)F)cc21. The van der Waals surface area contributed by atoms with Crippen LogP contribution in [0.3, 0.4) is 0 Å². The predicted octanol–water partition coefficient (Wildman–Crippen LogP) is 5.88. The molecule has 0 aliphatic carbocycles. The van der Waals surface area contributed by atoms with Gasteiger partial charge in [-0.2, -0.15) is 26.3 Å². The number of nitrogens with zero attached hydrogens (tertiary/aromatic N) is 5. The van der Waals surface area contributed by atoms with Crippen molar-refractivity contribution in [2.24, 2.45) is 7.05 Å². The second-order valence-electron chi connectivity index (χ2n) is 7.53. The molecule has 0 bridgehead atoms. The first-order valence-corrected chi connectivity index (χ1v) is 11.5. The van der Waals surface area contributed by atoms with Gasteiger partial charge in [0.1, 0.15) is 16.5 Å². The number of fused-ring (bicyclic) bond motifs is 1. The van der Waals surface area contributed by atoms with E-state index in [1.165, 1.54) is 28.9 Å². The number of aromatic nitrogens is 4. The van der Waals surface area contributed by atoms with Gasteiger partial charge >= 0.3 is 12.4 Å². The van der Waals surface area contributed by atoms with E-state index in [2.05, 4.69) is 15.0 Å². The van der Waals surface area contributed by atoms with Gasteiger partial charge in [-0.3, -0.25) is 9.78 Å². The summed E-state index contributed by atoms with van der Waals surface area (Å²) in [6.45, 7) is 1.91. The molecule has 35 heavy (non-hydrogen) atoms. The van der Waals surface area contributed by atoms with Gasteiger partial charge in [0, 0.05) is 42.9 Å². The van der Waals surface area contributed by atoms with Crippen molar-refractivity contribution in [3.63, 3.8) is 0 Å². The van der Waals surface area contributed by atoms with E-state index in [9.17, 15) is 31.1 Å². The minimum absolute atomic E-state index is 0.0470. The Balaban J connectivity index is 1.74. The lowest BCUT2D eigenvalue weighted by molar-refractivity contribution is -0.146. The number of pyridine rings is 2. The molecule has 14 heteroatoms. The van der Waals surface area contributed by atoms with Crippen LogP contribution in [0.25, 0.3) is 11.3 Å². The zero-order chi connectivity index (χ0) is 25.7. The number of anilines is 1. The molecule has 6 nitrogen and oxygen atoms in total. The molecule has 0 N–H and O–H groups in total.